The minimum absolute atomic E-state index is 0.0917. The van der Waals surface area contributed by atoms with Gasteiger partial charge in [-0.15, -0.1) is 10.2 Å². The van der Waals surface area contributed by atoms with Gasteiger partial charge in [0.25, 0.3) is 0 Å². The van der Waals surface area contributed by atoms with Crippen molar-refractivity contribution in [2.75, 3.05) is 18.0 Å². The maximum Gasteiger partial charge on any atom is 0.223 e. The zero-order valence-corrected chi connectivity index (χ0v) is 16.8. The van der Waals surface area contributed by atoms with E-state index in [4.69, 9.17) is 0 Å². The molecule has 0 spiro atoms. The predicted octanol–water partition coefficient (Wildman–Crippen LogP) is 4.34. The highest BCUT2D eigenvalue weighted by Crippen LogP contribution is 2.25. The predicted molar refractivity (Wildman–Crippen MR) is 112 cm³/mol. The quantitative estimate of drug-likeness (QED) is 0.781. The average molecular weight is 397 g/mol. The van der Waals surface area contributed by atoms with Crippen LogP contribution in [0.2, 0.25) is 0 Å². The average Bonchev–Trinajstić information content (AvgIpc) is 3.03. The van der Waals surface area contributed by atoms with E-state index in [-0.39, 0.29) is 17.6 Å². The molecule has 2 aliphatic rings. The van der Waals surface area contributed by atoms with E-state index in [1.807, 2.05) is 18.2 Å². The molecule has 1 saturated carbocycles. The number of hydrogen-bond donors (Lipinski definition) is 1. The Hall–Kier alpha value is -2.50. The zero-order chi connectivity index (χ0) is 20.1. The normalized spacial score (nSPS) is 19.0. The van der Waals surface area contributed by atoms with E-state index in [0.29, 0.717) is 11.7 Å². The van der Waals surface area contributed by atoms with Gasteiger partial charge in [-0.3, -0.25) is 4.79 Å². The lowest BCUT2D eigenvalue weighted by atomic mass is 9.95. The van der Waals surface area contributed by atoms with Crippen molar-refractivity contribution >= 4 is 11.7 Å². The van der Waals surface area contributed by atoms with Gasteiger partial charge in [0.2, 0.25) is 5.91 Å². The Balaban J connectivity index is 1.30. The summed E-state index contributed by atoms with van der Waals surface area (Å²) in [4.78, 5) is 14.8. The first-order valence-corrected chi connectivity index (χ1v) is 10.8. The molecular formula is C23H29FN4O. The zero-order valence-electron chi connectivity index (χ0n) is 16.8. The molecule has 29 heavy (non-hydrogen) atoms. The molecule has 4 rings (SSSR count). The van der Waals surface area contributed by atoms with Gasteiger partial charge in [0.05, 0.1) is 5.69 Å². The van der Waals surface area contributed by atoms with Crippen LogP contribution in [0.1, 0.15) is 51.4 Å². The van der Waals surface area contributed by atoms with Crippen LogP contribution in [-0.2, 0) is 4.79 Å². The highest BCUT2D eigenvalue weighted by Gasteiger charge is 2.27. The number of nitrogens with zero attached hydrogens (tertiary/aromatic N) is 3. The number of piperidine rings is 1. The van der Waals surface area contributed by atoms with Crippen molar-refractivity contribution in [2.45, 2.75) is 57.4 Å². The lowest BCUT2D eigenvalue weighted by Gasteiger charge is -2.32. The number of anilines is 1. The first-order chi connectivity index (χ1) is 14.2. The number of nitrogens with one attached hydrogen (secondary N) is 1. The summed E-state index contributed by atoms with van der Waals surface area (Å²) in [6, 6.07) is 10.5. The second-order valence-electron chi connectivity index (χ2n) is 8.25. The summed E-state index contributed by atoms with van der Waals surface area (Å²) >= 11 is 0. The van der Waals surface area contributed by atoms with Crippen molar-refractivity contribution < 1.29 is 9.18 Å². The fourth-order valence-corrected chi connectivity index (χ4v) is 4.41. The molecule has 2 fully saturated rings. The molecule has 1 N–H and O–H groups in total. The Bertz CT molecular complexity index is 810. The van der Waals surface area contributed by atoms with Crippen molar-refractivity contribution in [3.63, 3.8) is 0 Å². The van der Waals surface area contributed by atoms with Gasteiger partial charge in [-0.2, -0.15) is 0 Å². The fourth-order valence-electron chi connectivity index (χ4n) is 4.41. The molecule has 1 aliphatic carbocycles. The number of carbonyl (C=O) groups is 1. The first kappa shape index (κ1) is 19.8. The number of aromatic nitrogens is 2. The van der Waals surface area contributed by atoms with Crippen LogP contribution in [0.4, 0.5) is 10.2 Å². The lowest BCUT2D eigenvalue weighted by Crippen LogP contribution is -2.44. The minimum atomic E-state index is -0.280. The highest BCUT2D eigenvalue weighted by molar-refractivity contribution is 5.79. The van der Waals surface area contributed by atoms with Crippen LogP contribution in [0.3, 0.4) is 0 Å². The molecule has 1 aliphatic heterocycles. The molecule has 0 radical (unpaired) electrons. The van der Waals surface area contributed by atoms with Gasteiger partial charge in [0, 0.05) is 30.6 Å². The monoisotopic (exact) mass is 396 g/mol. The maximum absolute atomic E-state index is 13.4. The third-order valence-electron chi connectivity index (χ3n) is 6.16. The van der Waals surface area contributed by atoms with Gasteiger partial charge in [-0.05, 0) is 49.9 Å². The minimum Gasteiger partial charge on any atom is -0.355 e. The lowest BCUT2D eigenvalue weighted by molar-refractivity contribution is -0.126. The Kier molecular flexibility index (Phi) is 6.37. The van der Waals surface area contributed by atoms with Gasteiger partial charge < -0.3 is 10.2 Å². The van der Waals surface area contributed by atoms with E-state index in [1.54, 1.807) is 6.07 Å². The van der Waals surface area contributed by atoms with Crippen LogP contribution in [-0.4, -0.2) is 35.2 Å². The molecule has 0 unspecified atom stereocenters. The first-order valence-electron chi connectivity index (χ1n) is 10.8. The summed E-state index contributed by atoms with van der Waals surface area (Å²) in [5, 5.41) is 11.9. The number of rotatable bonds is 4. The molecule has 5 nitrogen and oxygen atoms in total. The standard InChI is InChI=1S/C23H29FN4O/c24-19-7-5-6-18(16-19)21-10-11-22(27-26-21)28-14-12-17(13-15-28)23(29)25-20-8-3-1-2-4-9-20/h5-7,10-11,16-17,20H,1-4,8-9,12-15H2,(H,25,29). The molecule has 2 heterocycles. The molecule has 1 saturated heterocycles. The van der Waals surface area contributed by atoms with Crippen molar-refractivity contribution in [1.29, 1.82) is 0 Å². The molecule has 1 amide bonds. The van der Waals surface area contributed by atoms with E-state index in [2.05, 4.69) is 20.4 Å². The Morgan fingerprint density at radius 2 is 1.72 bits per heavy atom. The number of hydrogen-bond acceptors (Lipinski definition) is 4. The summed E-state index contributed by atoms with van der Waals surface area (Å²) in [6.45, 7) is 1.60. The summed E-state index contributed by atoms with van der Waals surface area (Å²) in [7, 11) is 0. The van der Waals surface area contributed by atoms with Crippen LogP contribution in [0.15, 0.2) is 36.4 Å². The smallest absolute Gasteiger partial charge is 0.223 e. The summed E-state index contributed by atoms with van der Waals surface area (Å²) in [5.74, 6) is 0.850. The molecule has 1 aromatic heterocycles. The van der Waals surface area contributed by atoms with Crippen LogP contribution >= 0.6 is 0 Å². The fraction of sp³-hybridized carbons (Fsp3) is 0.522. The van der Waals surface area contributed by atoms with Crippen LogP contribution in [0.25, 0.3) is 11.3 Å². The van der Waals surface area contributed by atoms with Crippen molar-refractivity contribution in [1.82, 2.24) is 15.5 Å². The summed E-state index contributed by atoms with van der Waals surface area (Å²) in [6.07, 6.45) is 8.97. The topological polar surface area (TPSA) is 58.1 Å². The Morgan fingerprint density at radius 3 is 2.38 bits per heavy atom. The van der Waals surface area contributed by atoms with Crippen molar-refractivity contribution in [3.8, 4) is 11.3 Å². The van der Waals surface area contributed by atoms with Crippen LogP contribution in [0, 0.1) is 11.7 Å². The summed E-state index contributed by atoms with van der Waals surface area (Å²) < 4.78 is 13.4. The van der Waals surface area contributed by atoms with E-state index in [9.17, 15) is 9.18 Å². The molecule has 154 valence electrons. The third kappa shape index (κ3) is 5.11. The molecule has 2 aromatic rings. The van der Waals surface area contributed by atoms with Gasteiger partial charge >= 0.3 is 0 Å². The van der Waals surface area contributed by atoms with E-state index in [0.717, 1.165) is 50.2 Å². The molecule has 1 aromatic carbocycles. The van der Waals surface area contributed by atoms with E-state index in [1.165, 1.54) is 37.8 Å². The maximum atomic E-state index is 13.4. The number of amides is 1. The second kappa shape index (κ2) is 9.33. The second-order valence-corrected chi connectivity index (χ2v) is 8.25. The number of carbonyl (C=O) groups excluding carboxylic acids is 1. The van der Waals surface area contributed by atoms with Crippen LogP contribution < -0.4 is 10.2 Å². The highest BCUT2D eigenvalue weighted by atomic mass is 19.1. The molecular weight excluding hydrogens is 367 g/mol. The largest absolute Gasteiger partial charge is 0.355 e. The van der Waals surface area contributed by atoms with Crippen LogP contribution in [0.5, 0.6) is 0 Å². The SMILES string of the molecule is O=C(NC1CCCCCC1)C1CCN(c2ccc(-c3cccc(F)c3)nn2)CC1. The van der Waals surface area contributed by atoms with Gasteiger partial charge in [-0.1, -0.05) is 37.8 Å². The van der Waals surface area contributed by atoms with Gasteiger partial charge in [-0.25, -0.2) is 4.39 Å². The number of halogens is 1. The molecule has 6 heteroatoms. The molecule has 0 atom stereocenters. The van der Waals surface area contributed by atoms with Gasteiger partial charge in [0.15, 0.2) is 5.82 Å². The Labute approximate surface area is 171 Å². The number of benzene rings is 1. The molecule has 0 bridgehead atoms. The van der Waals surface area contributed by atoms with Crippen molar-refractivity contribution in [3.05, 3.63) is 42.2 Å². The van der Waals surface area contributed by atoms with Crippen molar-refractivity contribution in [2.24, 2.45) is 5.92 Å². The van der Waals surface area contributed by atoms with Gasteiger partial charge in [0.1, 0.15) is 5.82 Å². The van der Waals surface area contributed by atoms with E-state index < -0.39 is 0 Å². The third-order valence-corrected chi connectivity index (χ3v) is 6.16. The van der Waals surface area contributed by atoms with E-state index >= 15 is 0 Å². The summed E-state index contributed by atoms with van der Waals surface area (Å²) in [5.41, 5.74) is 1.38. The Morgan fingerprint density at radius 1 is 0.966 bits per heavy atom.